The number of benzene rings is 1. The Kier molecular flexibility index (Phi) is 2.88. The van der Waals surface area contributed by atoms with Gasteiger partial charge < -0.3 is 4.98 Å². The highest BCUT2D eigenvalue weighted by molar-refractivity contribution is 9.10. The van der Waals surface area contributed by atoms with Gasteiger partial charge in [0, 0.05) is 16.2 Å². The molecule has 0 radical (unpaired) electrons. The van der Waals surface area contributed by atoms with Crippen LogP contribution in [0.5, 0.6) is 0 Å². The summed E-state index contributed by atoms with van der Waals surface area (Å²) in [6.07, 6.45) is 2.81. The topological polar surface area (TPSA) is 41.6 Å². The molecule has 3 aromatic rings. The average Bonchev–Trinajstić information content (AvgIpc) is 2.81. The van der Waals surface area contributed by atoms with Gasteiger partial charge in [-0.05, 0) is 34.0 Å². The first-order chi connectivity index (χ1) is 8.76. The average molecular weight is 302 g/mol. The second-order valence-corrected chi connectivity index (χ2v) is 5.08. The molecule has 0 saturated heterocycles. The van der Waals surface area contributed by atoms with Gasteiger partial charge in [0.1, 0.15) is 5.82 Å². The number of aryl methyl sites for hydroxylation is 1. The maximum absolute atomic E-state index is 4.49. The molecule has 3 nitrogen and oxygen atoms in total. The van der Waals surface area contributed by atoms with Gasteiger partial charge in [-0.1, -0.05) is 31.2 Å². The van der Waals surface area contributed by atoms with E-state index in [0.717, 1.165) is 33.4 Å². The molecule has 0 spiro atoms. The van der Waals surface area contributed by atoms with E-state index in [1.54, 1.807) is 6.20 Å². The number of H-pyrrole nitrogens is 1. The van der Waals surface area contributed by atoms with Gasteiger partial charge in [0.25, 0.3) is 0 Å². The minimum absolute atomic E-state index is 0.743. The van der Waals surface area contributed by atoms with Gasteiger partial charge in [-0.15, -0.1) is 0 Å². The Balaban J connectivity index is 2.07. The summed E-state index contributed by atoms with van der Waals surface area (Å²) in [6, 6.07) is 10.4. The highest BCUT2D eigenvalue weighted by Gasteiger charge is 2.06. The second kappa shape index (κ2) is 4.53. The lowest BCUT2D eigenvalue weighted by molar-refractivity contribution is 1.14. The summed E-state index contributed by atoms with van der Waals surface area (Å²) in [4.78, 5) is 12.1. The first-order valence-corrected chi connectivity index (χ1v) is 6.66. The van der Waals surface area contributed by atoms with Gasteiger partial charge in [-0.3, -0.25) is 0 Å². The molecule has 0 bridgehead atoms. The van der Waals surface area contributed by atoms with Crippen LogP contribution in [0.1, 0.15) is 12.5 Å². The number of pyridine rings is 1. The van der Waals surface area contributed by atoms with Gasteiger partial charge in [0.2, 0.25) is 0 Å². The molecule has 18 heavy (non-hydrogen) atoms. The van der Waals surface area contributed by atoms with Crippen LogP contribution in [0.25, 0.3) is 22.6 Å². The molecule has 90 valence electrons. The number of aromatic amines is 1. The van der Waals surface area contributed by atoms with E-state index in [9.17, 15) is 0 Å². The molecule has 4 heteroatoms. The minimum atomic E-state index is 0.743. The van der Waals surface area contributed by atoms with E-state index in [1.807, 2.05) is 6.07 Å². The Hall–Kier alpha value is -1.68. The van der Waals surface area contributed by atoms with Gasteiger partial charge >= 0.3 is 0 Å². The first-order valence-electron chi connectivity index (χ1n) is 5.87. The molecule has 1 N–H and O–H groups in total. The summed E-state index contributed by atoms with van der Waals surface area (Å²) in [6.45, 7) is 2.15. The Morgan fingerprint density at radius 1 is 1.22 bits per heavy atom. The molecule has 1 aromatic carbocycles. The molecule has 0 atom stereocenters. The van der Waals surface area contributed by atoms with Crippen LogP contribution in [0, 0.1) is 0 Å². The van der Waals surface area contributed by atoms with Crippen molar-refractivity contribution < 1.29 is 0 Å². The number of rotatable bonds is 2. The molecule has 2 aromatic heterocycles. The van der Waals surface area contributed by atoms with Crippen LogP contribution in [0.15, 0.2) is 41.0 Å². The van der Waals surface area contributed by atoms with Crippen LogP contribution in [0.2, 0.25) is 0 Å². The molecular weight excluding hydrogens is 290 g/mol. The smallest absolute Gasteiger partial charge is 0.178 e. The molecule has 0 saturated carbocycles. The summed E-state index contributed by atoms with van der Waals surface area (Å²) in [5.74, 6) is 0.859. The molecule has 0 amide bonds. The number of nitrogens with one attached hydrogen (secondary N) is 1. The van der Waals surface area contributed by atoms with Crippen LogP contribution < -0.4 is 0 Å². The predicted octanol–water partition coefficient (Wildman–Crippen LogP) is 3.95. The summed E-state index contributed by atoms with van der Waals surface area (Å²) < 4.78 is 0.950. The molecular formula is C14H12BrN3. The third-order valence-electron chi connectivity index (χ3n) is 2.94. The zero-order chi connectivity index (χ0) is 12.5. The van der Waals surface area contributed by atoms with Crippen molar-refractivity contribution in [2.75, 3.05) is 0 Å². The third kappa shape index (κ3) is 2.04. The van der Waals surface area contributed by atoms with Gasteiger partial charge in [-0.2, -0.15) is 0 Å². The van der Waals surface area contributed by atoms with Crippen molar-refractivity contribution in [3.05, 3.63) is 46.6 Å². The fourth-order valence-corrected chi connectivity index (χ4v) is 2.24. The molecule has 0 aliphatic heterocycles. The summed E-state index contributed by atoms with van der Waals surface area (Å²) >= 11 is 3.41. The normalized spacial score (nSPS) is 11.0. The van der Waals surface area contributed by atoms with Crippen LogP contribution in [0.4, 0.5) is 0 Å². The summed E-state index contributed by atoms with van der Waals surface area (Å²) in [7, 11) is 0. The quantitative estimate of drug-likeness (QED) is 0.778. The molecule has 2 heterocycles. The number of aromatic nitrogens is 3. The molecule has 3 rings (SSSR count). The maximum Gasteiger partial charge on any atom is 0.178 e. The highest BCUT2D eigenvalue weighted by atomic mass is 79.9. The summed E-state index contributed by atoms with van der Waals surface area (Å²) in [5, 5.41) is 0. The van der Waals surface area contributed by atoms with Crippen molar-refractivity contribution in [1.29, 1.82) is 0 Å². The SMILES string of the molecule is CCc1ccc(-c2nc3ncc(Br)cc3[nH]2)cc1. The lowest BCUT2D eigenvalue weighted by Crippen LogP contribution is -1.83. The first kappa shape index (κ1) is 11.4. The fraction of sp³-hybridized carbons (Fsp3) is 0.143. The summed E-state index contributed by atoms with van der Waals surface area (Å²) in [5.41, 5.74) is 4.10. The molecule has 0 aliphatic rings. The van der Waals surface area contributed by atoms with Gasteiger partial charge in [0.05, 0.1) is 5.52 Å². The van der Waals surface area contributed by atoms with E-state index in [4.69, 9.17) is 0 Å². The minimum Gasteiger partial charge on any atom is -0.337 e. The monoisotopic (exact) mass is 301 g/mol. The van der Waals surface area contributed by atoms with Crippen molar-refractivity contribution in [1.82, 2.24) is 15.0 Å². The van der Waals surface area contributed by atoms with E-state index in [0.29, 0.717) is 0 Å². The van der Waals surface area contributed by atoms with Crippen molar-refractivity contribution in [2.24, 2.45) is 0 Å². The van der Waals surface area contributed by atoms with Crippen LogP contribution in [-0.2, 0) is 6.42 Å². The van der Waals surface area contributed by atoms with Crippen LogP contribution in [0.3, 0.4) is 0 Å². The van der Waals surface area contributed by atoms with Crippen LogP contribution in [-0.4, -0.2) is 15.0 Å². The molecule has 0 fully saturated rings. The van der Waals surface area contributed by atoms with Gasteiger partial charge in [-0.25, -0.2) is 9.97 Å². The van der Waals surface area contributed by atoms with Crippen molar-refractivity contribution in [2.45, 2.75) is 13.3 Å². The maximum atomic E-state index is 4.49. The highest BCUT2D eigenvalue weighted by Crippen LogP contribution is 2.21. The number of fused-ring (bicyclic) bond motifs is 1. The predicted molar refractivity (Wildman–Crippen MR) is 76.4 cm³/mol. The number of imidazole rings is 1. The molecule has 0 aliphatic carbocycles. The van der Waals surface area contributed by atoms with E-state index >= 15 is 0 Å². The Morgan fingerprint density at radius 2 is 2.00 bits per heavy atom. The zero-order valence-electron chi connectivity index (χ0n) is 9.94. The Morgan fingerprint density at radius 3 is 2.72 bits per heavy atom. The number of hydrogen-bond donors (Lipinski definition) is 1. The number of hydrogen-bond acceptors (Lipinski definition) is 2. The number of halogens is 1. The van der Waals surface area contributed by atoms with Crippen molar-refractivity contribution >= 4 is 27.1 Å². The van der Waals surface area contributed by atoms with Gasteiger partial charge in [0.15, 0.2) is 5.65 Å². The third-order valence-corrected chi connectivity index (χ3v) is 3.37. The largest absolute Gasteiger partial charge is 0.337 e. The Bertz CT molecular complexity index is 686. The van der Waals surface area contributed by atoms with Crippen molar-refractivity contribution in [3.63, 3.8) is 0 Å². The lowest BCUT2D eigenvalue weighted by atomic mass is 10.1. The lowest BCUT2D eigenvalue weighted by Gasteiger charge is -1.98. The fourth-order valence-electron chi connectivity index (χ4n) is 1.91. The van der Waals surface area contributed by atoms with Crippen molar-refractivity contribution in [3.8, 4) is 11.4 Å². The standard InChI is InChI=1S/C14H12BrN3/c1-2-9-3-5-10(6-4-9)13-17-12-7-11(15)8-16-14(12)18-13/h3-8H,2H2,1H3,(H,16,17,18). The second-order valence-electron chi connectivity index (χ2n) is 4.16. The molecule has 0 unspecified atom stereocenters. The number of nitrogens with zero attached hydrogens (tertiary/aromatic N) is 2. The van der Waals surface area contributed by atoms with E-state index in [-0.39, 0.29) is 0 Å². The van der Waals surface area contributed by atoms with Crippen LogP contribution >= 0.6 is 15.9 Å². The zero-order valence-corrected chi connectivity index (χ0v) is 11.5. The van der Waals surface area contributed by atoms with E-state index < -0.39 is 0 Å². The van der Waals surface area contributed by atoms with E-state index in [1.165, 1.54) is 5.56 Å². The van der Waals surface area contributed by atoms with E-state index in [2.05, 4.69) is 62.1 Å². The Labute approximate surface area is 113 Å².